The van der Waals surface area contributed by atoms with Crippen LogP contribution in [0.2, 0.25) is 0 Å². The predicted molar refractivity (Wildman–Crippen MR) is 72.3 cm³/mol. The molecule has 2 aromatic rings. The van der Waals surface area contributed by atoms with Gasteiger partial charge in [-0.2, -0.15) is 0 Å². The first-order valence-electron chi connectivity index (χ1n) is 6.13. The normalized spacial score (nSPS) is 17.0. The molecule has 1 aromatic heterocycles. The van der Waals surface area contributed by atoms with Crippen molar-refractivity contribution >= 4 is 27.1 Å². The van der Waals surface area contributed by atoms with Crippen molar-refractivity contribution in [3.8, 4) is 0 Å². The van der Waals surface area contributed by atoms with Gasteiger partial charge in [-0.3, -0.25) is 0 Å². The third-order valence-corrected chi connectivity index (χ3v) is 4.42. The highest BCUT2D eigenvalue weighted by molar-refractivity contribution is 7.17. The van der Waals surface area contributed by atoms with Crippen molar-refractivity contribution in [1.82, 2.24) is 0 Å². The molecule has 16 heavy (non-hydrogen) atoms. The lowest BCUT2D eigenvalue weighted by molar-refractivity contribution is 0.580. The SMILES string of the molecule is c1cc2cc(NCC3CCCC3)ccc2s1. The van der Waals surface area contributed by atoms with Crippen molar-refractivity contribution in [3.05, 3.63) is 29.6 Å². The maximum absolute atomic E-state index is 3.57. The Balaban J connectivity index is 1.68. The first-order valence-corrected chi connectivity index (χ1v) is 7.01. The van der Waals surface area contributed by atoms with Gasteiger partial charge in [-0.25, -0.2) is 0 Å². The van der Waals surface area contributed by atoms with Crippen molar-refractivity contribution in [2.24, 2.45) is 5.92 Å². The number of benzene rings is 1. The van der Waals surface area contributed by atoms with E-state index in [9.17, 15) is 0 Å². The Morgan fingerprint density at radius 3 is 2.94 bits per heavy atom. The Morgan fingerprint density at radius 1 is 1.19 bits per heavy atom. The van der Waals surface area contributed by atoms with Gasteiger partial charge in [-0.15, -0.1) is 11.3 Å². The molecule has 0 bridgehead atoms. The highest BCUT2D eigenvalue weighted by Gasteiger charge is 2.14. The predicted octanol–water partition coefficient (Wildman–Crippen LogP) is 4.50. The number of thiophene rings is 1. The Morgan fingerprint density at radius 2 is 2.06 bits per heavy atom. The topological polar surface area (TPSA) is 12.0 Å². The van der Waals surface area contributed by atoms with Crippen LogP contribution in [0.25, 0.3) is 10.1 Å². The van der Waals surface area contributed by atoms with Crippen molar-refractivity contribution in [2.45, 2.75) is 25.7 Å². The van der Waals surface area contributed by atoms with Crippen LogP contribution in [0.5, 0.6) is 0 Å². The van der Waals surface area contributed by atoms with Crippen molar-refractivity contribution in [3.63, 3.8) is 0 Å². The average Bonchev–Trinajstić information content (AvgIpc) is 2.97. The molecule has 1 aliphatic carbocycles. The number of nitrogens with one attached hydrogen (secondary N) is 1. The summed E-state index contributed by atoms with van der Waals surface area (Å²) in [5, 5.41) is 7.09. The first-order chi connectivity index (χ1) is 7.92. The number of rotatable bonds is 3. The van der Waals surface area contributed by atoms with Crippen molar-refractivity contribution in [1.29, 1.82) is 0 Å². The molecule has 2 heteroatoms. The summed E-state index contributed by atoms with van der Waals surface area (Å²) in [7, 11) is 0. The zero-order valence-electron chi connectivity index (χ0n) is 9.41. The molecule has 1 heterocycles. The molecule has 1 aliphatic rings. The maximum atomic E-state index is 3.57. The molecule has 84 valence electrons. The van der Waals surface area contributed by atoms with Gasteiger partial charge in [0.1, 0.15) is 0 Å². The molecule has 0 unspecified atom stereocenters. The highest BCUT2D eigenvalue weighted by atomic mass is 32.1. The molecule has 0 amide bonds. The lowest BCUT2D eigenvalue weighted by Crippen LogP contribution is -2.10. The minimum absolute atomic E-state index is 0.901. The van der Waals surface area contributed by atoms with Gasteiger partial charge in [0, 0.05) is 16.9 Å². The standard InChI is InChI=1S/C14H17NS/c1-2-4-11(3-1)10-15-13-5-6-14-12(9-13)7-8-16-14/h5-9,11,15H,1-4,10H2. The van der Waals surface area contributed by atoms with E-state index in [0.29, 0.717) is 0 Å². The van der Waals surface area contributed by atoms with Gasteiger partial charge < -0.3 is 5.32 Å². The van der Waals surface area contributed by atoms with Crippen molar-refractivity contribution < 1.29 is 0 Å². The molecule has 1 N–H and O–H groups in total. The van der Waals surface area contributed by atoms with Crippen LogP contribution in [-0.4, -0.2) is 6.54 Å². The van der Waals surface area contributed by atoms with Gasteiger partial charge in [0.05, 0.1) is 0 Å². The quantitative estimate of drug-likeness (QED) is 0.820. The number of fused-ring (bicyclic) bond motifs is 1. The first kappa shape index (κ1) is 10.2. The molecule has 1 aromatic carbocycles. The van der Waals surface area contributed by atoms with Gasteiger partial charge in [0.25, 0.3) is 0 Å². The molecule has 1 fully saturated rings. The fourth-order valence-electron chi connectivity index (χ4n) is 2.55. The second kappa shape index (κ2) is 4.46. The Hall–Kier alpha value is -1.02. The molecule has 1 nitrogen and oxygen atoms in total. The lowest BCUT2D eigenvalue weighted by Gasteiger charge is -2.11. The Bertz CT molecular complexity index is 468. The van der Waals surface area contributed by atoms with Crippen LogP contribution >= 0.6 is 11.3 Å². The zero-order valence-corrected chi connectivity index (χ0v) is 10.2. The second-order valence-corrected chi connectivity index (χ2v) is 5.65. The molecule has 0 atom stereocenters. The summed E-state index contributed by atoms with van der Waals surface area (Å²) in [6, 6.07) is 8.88. The summed E-state index contributed by atoms with van der Waals surface area (Å²) in [6.45, 7) is 1.15. The van der Waals surface area contributed by atoms with Crippen LogP contribution in [-0.2, 0) is 0 Å². The fraction of sp³-hybridized carbons (Fsp3) is 0.429. The monoisotopic (exact) mass is 231 g/mol. The molecule has 0 radical (unpaired) electrons. The van der Waals surface area contributed by atoms with E-state index in [4.69, 9.17) is 0 Å². The molecule has 0 spiro atoms. The van der Waals surface area contributed by atoms with Crippen LogP contribution in [0, 0.1) is 5.92 Å². The van der Waals surface area contributed by atoms with E-state index in [-0.39, 0.29) is 0 Å². The third kappa shape index (κ3) is 2.07. The highest BCUT2D eigenvalue weighted by Crippen LogP contribution is 2.27. The zero-order chi connectivity index (χ0) is 10.8. The van der Waals surface area contributed by atoms with Crippen LogP contribution in [0.1, 0.15) is 25.7 Å². The molecule has 1 saturated carbocycles. The van der Waals surface area contributed by atoms with Gasteiger partial charge >= 0.3 is 0 Å². The van der Waals surface area contributed by atoms with Gasteiger partial charge in [0.15, 0.2) is 0 Å². The van der Waals surface area contributed by atoms with Crippen LogP contribution in [0.4, 0.5) is 5.69 Å². The van der Waals surface area contributed by atoms with Gasteiger partial charge in [-0.05, 0) is 53.8 Å². The lowest BCUT2D eigenvalue weighted by atomic mass is 10.1. The second-order valence-electron chi connectivity index (χ2n) is 4.70. The minimum Gasteiger partial charge on any atom is -0.385 e. The van der Waals surface area contributed by atoms with Crippen molar-refractivity contribution in [2.75, 3.05) is 11.9 Å². The third-order valence-electron chi connectivity index (χ3n) is 3.52. The maximum Gasteiger partial charge on any atom is 0.0347 e. The molecule has 3 rings (SSSR count). The summed E-state index contributed by atoms with van der Waals surface area (Å²) >= 11 is 1.81. The summed E-state index contributed by atoms with van der Waals surface area (Å²) in [6.07, 6.45) is 5.67. The average molecular weight is 231 g/mol. The summed E-state index contributed by atoms with van der Waals surface area (Å²) in [5.74, 6) is 0.901. The fourth-order valence-corrected chi connectivity index (χ4v) is 3.32. The molecule has 0 aliphatic heterocycles. The Kier molecular flexibility index (Phi) is 2.83. The number of hydrogen-bond acceptors (Lipinski definition) is 2. The Labute approximate surface area is 100 Å². The smallest absolute Gasteiger partial charge is 0.0347 e. The van der Waals surface area contributed by atoms with E-state index in [0.717, 1.165) is 12.5 Å². The molecular formula is C14H17NS. The van der Waals surface area contributed by atoms with E-state index in [2.05, 4.69) is 35.0 Å². The van der Waals surface area contributed by atoms with E-state index >= 15 is 0 Å². The van der Waals surface area contributed by atoms with Crippen LogP contribution < -0.4 is 5.32 Å². The summed E-state index contributed by atoms with van der Waals surface area (Å²) in [5.41, 5.74) is 1.28. The van der Waals surface area contributed by atoms with E-state index in [1.807, 2.05) is 11.3 Å². The number of hydrogen-bond donors (Lipinski definition) is 1. The summed E-state index contributed by atoms with van der Waals surface area (Å²) < 4.78 is 1.38. The van der Waals surface area contributed by atoms with Crippen LogP contribution in [0.3, 0.4) is 0 Å². The summed E-state index contributed by atoms with van der Waals surface area (Å²) in [4.78, 5) is 0. The van der Waals surface area contributed by atoms with Gasteiger partial charge in [0.2, 0.25) is 0 Å². The largest absolute Gasteiger partial charge is 0.385 e. The van der Waals surface area contributed by atoms with Gasteiger partial charge in [-0.1, -0.05) is 12.8 Å². The molecular weight excluding hydrogens is 214 g/mol. The molecule has 0 saturated heterocycles. The van der Waals surface area contributed by atoms with E-state index in [1.165, 1.54) is 41.5 Å². The van der Waals surface area contributed by atoms with E-state index < -0.39 is 0 Å². The number of anilines is 1. The van der Waals surface area contributed by atoms with E-state index in [1.54, 1.807) is 0 Å². The van der Waals surface area contributed by atoms with Crippen LogP contribution in [0.15, 0.2) is 29.6 Å². The minimum atomic E-state index is 0.901.